The van der Waals surface area contributed by atoms with Crippen molar-refractivity contribution in [2.45, 2.75) is 108 Å². The van der Waals surface area contributed by atoms with E-state index in [9.17, 15) is 44.4 Å². The fourth-order valence-corrected chi connectivity index (χ4v) is 10.4. The lowest BCUT2D eigenvalue weighted by atomic mass is 9.45. The number of carbonyl (C=O) groups excluding carboxylic acids is 5. The number of hydrogen-bond donors (Lipinski definition) is 5. The monoisotopic (exact) mass is 839 g/mol. The molecule has 4 aliphatic rings. The van der Waals surface area contributed by atoms with E-state index >= 15 is 0 Å². The van der Waals surface area contributed by atoms with Crippen molar-refractivity contribution in [3.63, 3.8) is 0 Å². The smallest absolute Gasteiger partial charge is 0.338 e. The van der Waals surface area contributed by atoms with Crippen LogP contribution in [0.4, 0.5) is 0 Å². The van der Waals surface area contributed by atoms with E-state index in [1.54, 1.807) is 119 Å². The Hall–Kier alpha value is -5.25. The molecule has 0 spiro atoms. The Morgan fingerprint density at radius 1 is 0.836 bits per heavy atom. The van der Waals surface area contributed by atoms with E-state index in [2.05, 4.69) is 5.32 Å². The summed E-state index contributed by atoms with van der Waals surface area (Å²) in [5.41, 5.74) is -2.96. The molecule has 0 aromatic heterocycles. The van der Waals surface area contributed by atoms with Gasteiger partial charge in [-0.05, 0) is 66.7 Å². The Balaban J connectivity index is 1.32. The zero-order valence-corrected chi connectivity index (χ0v) is 34.7. The van der Waals surface area contributed by atoms with Crippen LogP contribution < -0.4 is 5.32 Å². The summed E-state index contributed by atoms with van der Waals surface area (Å²) in [7, 11) is 0. The third kappa shape index (κ3) is 7.80. The Labute approximate surface area is 353 Å². The SMILES string of the molecule is CC(=O)CC(=O)O[C@@]12CO[C@@H]1C[C@H](O)[C@]1(C)C2[C@H](OC(=O)c2ccccc2)C2C[C@H](OC(=O)[C@H](O)[C@@H](NC(=O)c3ccccc3)c3ccccc3)C(C)=C([C@@H](O)[C@@H]1O)C2(C)C. The summed E-state index contributed by atoms with van der Waals surface area (Å²) in [6, 6.07) is 23.6. The van der Waals surface area contributed by atoms with Gasteiger partial charge in [-0.25, -0.2) is 9.59 Å². The number of aliphatic hydroxyl groups excluding tert-OH is 4. The standard InChI is InChI=1S/C47H53NO13/c1-25(49)21-34(51)61-47-24-58-33(47)23-32(50)46(5)40(47)39(60-43(56)29-19-13-8-14-20-29)30-22-31(26(2)35(45(30,3)4)37(52)41(46)54)59-44(57)38(53)36(27-15-9-6-10-16-27)48-42(55)28-17-11-7-12-18-28/h6-20,30-33,36-41,50,52-54H,21-24H2,1-5H3,(H,48,55)/t30?,31-,32-,33+,36-,37+,38+,39+,40?,41-,46+,47-/m0/s1. The molecule has 3 aromatic rings. The van der Waals surface area contributed by atoms with Crippen molar-refractivity contribution in [3.8, 4) is 0 Å². The van der Waals surface area contributed by atoms with E-state index in [0.29, 0.717) is 16.7 Å². The van der Waals surface area contributed by atoms with E-state index in [4.69, 9.17) is 18.9 Å². The van der Waals surface area contributed by atoms with Crippen LogP contribution in [-0.2, 0) is 33.3 Å². The van der Waals surface area contributed by atoms with Gasteiger partial charge in [0.05, 0.1) is 36.3 Å². The summed E-state index contributed by atoms with van der Waals surface area (Å²) in [6.07, 6.45) is -11.0. The van der Waals surface area contributed by atoms with Gasteiger partial charge in [0.25, 0.3) is 5.91 Å². The number of carbonyl (C=O) groups is 5. The number of hydrogen-bond acceptors (Lipinski definition) is 13. The van der Waals surface area contributed by atoms with Gasteiger partial charge in [-0.1, -0.05) is 87.5 Å². The summed E-state index contributed by atoms with van der Waals surface area (Å²) in [5.74, 6) is -5.88. The molecule has 5 N–H and O–H groups in total. The minimum atomic E-state index is -1.93. The molecule has 2 bridgehead atoms. The maximum absolute atomic E-state index is 14.2. The van der Waals surface area contributed by atoms with Crippen LogP contribution in [0.5, 0.6) is 0 Å². The van der Waals surface area contributed by atoms with Crippen LogP contribution in [0.1, 0.15) is 86.2 Å². The molecule has 7 rings (SSSR count). The topological polar surface area (TPSA) is 215 Å². The molecule has 3 aliphatic carbocycles. The number of ether oxygens (including phenoxy) is 4. The molecule has 3 aromatic carbocycles. The highest BCUT2D eigenvalue weighted by atomic mass is 16.6. The van der Waals surface area contributed by atoms with E-state index in [1.807, 2.05) is 0 Å². The highest BCUT2D eigenvalue weighted by Crippen LogP contribution is 2.64. The first-order valence-electron chi connectivity index (χ1n) is 20.6. The van der Waals surface area contributed by atoms with Gasteiger partial charge in [0, 0.05) is 23.3 Å². The summed E-state index contributed by atoms with van der Waals surface area (Å²) in [6.45, 7) is 7.81. The predicted molar refractivity (Wildman–Crippen MR) is 217 cm³/mol. The number of esters is 3. The Kier molecular flexibility index (Phi) is 12.1. The second-order valence-corrected chi connectivity index (χ2v) is 17.6. The highest BCUT2D eigenvalue weighted by Gasteiger charge is 2.75. The van der Waals surface area contributed by atoms with Crippen LogP contribution in [0.3, 0.4) is 0 Å². The number of rotatable bonds is 11. The number of benzene rings is 3. The summed E-state index contributed by atoms with van der Waals surface area (Å²) in [4.78, 5) is 67.4. The van der Waals surface area contributed by atoms with Crippen LogP contribution in [0.25, 0.3) is 0 Å². The minimum Gasteiger partial charge on any atom is -0.458 e. The number of nitrogens with one attached hydrogen (secondary N) is 1. The summed E-state index contributed by atoms with van der Waals surface area (Å²) in [5, 5.41) is 51.4. The van der Waals surface area contributed by atoms with E-state index in [1.165, 1.54) is 6.92 Å². The van der Waals surface area contributed by atoms with Crippen molar-refractivity contribution >= 4 is 29.6 Å². The normalized spacial score (nSPS) is 32.2. The number of amides is 1. The number of fused-ring (bicyclic) bond motifs is 5. The molecule has 1 heterocycles. The van der Waals surface area contributed by atoms with E-state index in [-0.39, 0.29) is 30.6 Å². The molecule has 1 aliphatic heterocycles. The largest absolute Gasteiger partial charge is 0.458 e. The van der Waals surface area contributed by atoms with Gasteiger partial charge in [0.1, 0.15) is 36.6 Å². The predicted octanol–water partition coefficient (Wildman–Crippen LogP) is 3.80. The van der Waals surface area contributed by atoms with Crippen LogP contribution in [0.2, 0.25) is 0 Å². The van der Waals surface area contributed by atoms with Gasteiger partial charge >= 0.3 is 17.9 Å². The maximum atomic E-state index is 14.2. The van der Waals surface area contributed by atoms with Crippen molar-refractivity contribution in [1.29, 1.82) is 0 Å². The van der Waals surface area contributed by atoms with E-state index in [0.717, 1.165) is 0 Å². The zero-order valence-electron chi connectivity index (χ0n) is 34.7. The van der Waals surface area contributed by atoms with Crippen molar-refractivity contribution < 1.29 is 63.3 Å². The van der Waals surface area contributed by atoms with Crippen molar-refractivity contribution in [2.75, 3.05) is 6.61 Å². The second kappa shape index (κ2) is 16.9. The van der Waals surface area contributed by atoms with Crippen LogP contribution in [0, 0.1) is 22.7 Å². The lowest BCUT2D eigenvalue weighted by molar-refractivity contribution is -0.354. The molecule has 2 saturated carbocycles. The van der Waals surface area contributed by atoms with Crippen molar-refractivity contribution in [3.05, 3.63) is 119 Å². The fraction of sp³-hybridized carbons (Fsp3) is 0.468. The lowest BCUT2D eigenvalue weighted by Gasteiger charge is -2.67. The molecule has 2 unspecified atom stereocenters. The molecule has 3 fully saturated rings. The first-order valence-corrected chi connectivity index (χ1v) is 20.6. The molecule has 12 atom stereocenters. The highest BCUT2D eigenvalue weighted by molar-refractivity contribution is 5.95. The summed E-state index contributed by atoms with van der Waals surface area (Å²) < 4.78 is 24.8. The molecule has 1 saturated heterocycles. The summed E-state index contributed by atoms with van der Waals surface area (Å²) >= 11 is 0. The zero-order chi connectivity index (χ0) is 44.0. The first-order chi connectivity index (χ1) is 28.9. The minimum absolute atomic E-state index is 0.0611. The Bertz CT molecular complexity index is 2180. The third-order valence-electron chi connectivity index (χ3n) is 13.6. The van der Waals surface area contributed by atoms with Gasteiger partial charge in [-0.3, -0.25) is 14.4 Å². The van der Waals surface area contributed by atoms with Crippen molar-refractivity contribution in [2.24, 2.45) is 22.7 Å². The van der Waals surface area contributed by atoms with Crippen LogP contribution >= 0.6 is 0 Å². The number of aliphatic hydroxyl groups is 4. The first kappa shape index (κ1) is 43.8. The molecule has 1 amide bonds. The van der Waals surface area contributed by atoms with Gasteiger partial charge in [-0.15, -0.1) is 0 Å². The number of Topliss-reactive ketones (excluding diaryl/α,β-unsaturated/α-hetero) is 1. The second-order valence-electron chi connectivity index (χ2n) is 17.6. The van der Waals surface area contributed by atoms with Crippen LogP contribution in [0.15, 0.2) is 102 Å². The molecule has 0 radical (unpaired) electrons. The molecule has 324 valence electrons. The quantitative estimate of drug-likeness (QED) is 0.0806. The van der Waals surface area contributed by atoms with Crippen molar-refractivity contribution in [1.82, 2.24) is 5.32 Å². The Morgan fingerprint density at radius 2 is 1.43 bits per heavy atom. The number of ketones is 1. The molecule has 14 heteroatoms. The lowest BCUT2D eigenvalue weighted by Crippen LogP contribution is -2.80. The molecule has 14 nitrogen and oxygen atoms in total. The van der Waals surface area contributed by atoms with Gasteiger partial charge in [0.2, 0.25) is 0 Å². The van der Waals surface area contributed by atoms with Gasteiger partial charge in [0.15, 0.2) is 11.7 Å². The average molecular weight is 840 g/mol. The van der Waals surface area contributed by atoms with Gasteiger partial charge < -0.3 is 44.7 Å². The van der Waals surface area contributed by atoms with Gasteiger partial charge in [-0.2, -0.15) is 0 Å². The molecular weight excluding hydrogens is 787 g/mol. The molecule has 61 heavy (non-hydrogen) atoms. The maximum Gasteiger partial charge on any atom is 0.338 e. The third-order valence-corrected chi connectivity index (χ3v) is 13.6. The van der Waals surface area contributed by atoms with Crippen LogP contribution in [-0.4, -0.2) is 105 Å². The fourth-order valence-electron chi connectivity index (χ4n) is 10.4. The average Bonchev–Trinajstić information content (AvgIpc) is 3.23. The molecular formula is C47H53NO13. The Morgan fingerprint density at radius 3 is 2.00 bits per heavy atom. The van der Waals surface area contributed by atoms with E-state index < -0.39 is 113 Å².